The van der Waals surface area contributed by atoms with Crippen molar-refractivity contribution >= 4 is 29.3 Å². The molecule has 31 heavy (non-hydrogen) atoms. The lowest BCUT2D eigenvalue weighted by Crippen LogP contribution is -2.45. The van der Waals surface area contributed by atoms with Crippen LogP contribution in [0.2, 0.25) is 0 Å². The van der Waals surface area contributed by atoms with E-state index in [1.54, 1.807) is 12.1 Å². The highest BCUT2D eigenvalue weighted by Crippen LogP contribution is 2.31. The summed E-state index contributed by atoms with van der Waals surface area (Å²) in [5, 5.41) is 5.68. The van der Waals surface area contributed by atoms with Crippen molar-refractivity contribution in [2.24, 2.45) is 16.8 Å². The van der Waals surface area contributed by atoms with E-state index in [0.29, 0.717) is 36.8 Å². The lowest BCUT2D eigenvalue weighted by atomic mass is 9.86. The molecular weight excluding hydrogens is 394 g/mol. The van der Waals surface area contributed by atoms with Gasteiger partial charge in [-0.3, -0.25) is 9.59 Å². The van der Waals surface area contributed by atoms with Crippen molar-refractivity contribution in [3.05, 3.63) is 29.8 Å². The minimum Gasteiger partial charge on any atom is -0.465 e. The molecule has 7 nitrogen and oxygen atoms in total. The number of carbonyl (C=O) groups excluding carboxylic acids is 3. The quantitative estimate of drug-likeness (QED) is 0.584. The third-order valence-corrected chi connectivity index (χ3v) is 6.05. The maximum absolute atomic E-state index is 13.1. The Morgan fingerprint density at radius 2 is 1.84 bits per heavy atom. The van der Waals surface area contributed by atoms with Gasteiger partial charge >= 0.3 is 12.0 Å². The number of hydrogen-bond acceptors (Lipinski definition) is 4. The number of nitrogens with zero attached hydrogens (tertiary/aromatic N) is 1. The van der Waals surface area contributed by atoms with Crippen molar-refractivity contribution in [2.75, 3.05) is 11.9 Å². The number of ether oxygens (including phenoxy) is 1. The SMILES string of the molecule is CCCC(=O)Nc1ccc(C2NC(=O)N=C(CC)C2C(=O)OCC2CCCCC2)cc1. The molecule has 1 fully saturated rings. The van der Waals surface area contributed by atoms with Crippen LogP contribution in [0.5, 0.6) is 0 Å². The fourth-order valence-corrected chi connectivity index (χ4v) is 4.36. The number of anilines is 1. The predicted octanol–water partition coefficient (Wildman–Crippen LogP) is 4.78. The first kappa shape index (κ1) is 23.0. The Bertz CT molecular complexity index is 813. The average molecular weight is 428 g/mol. The fourth-order valence-electron chi connectivity index (χ4n) is 4.36. The van der Waals surface area contributed by atoms with E-state index in [9.17, 15) is 14.4 Å². The summed E-state index contributed by atoms with van der Waals surface area (Å²) in [6.45, 7) is 4.27. The van der Waals surface area contributed by atoms with Crippen LogP contribution in [0.4, 0.5) is 10.5 Å². The molecule has 0 spiro atoms. The third-order valence-electron chi connectivity index (χ3n) is 6.05. The van der Waals surface area contributed by atoms with E-state index in [4.69, 9.17) is 4.74 Å². The summed E-state index contributed by atoms with van der Waals surface area (Å²) in [4.78, 5) is 41.1. The van der Waals surface area contributed by atoms with E-state index in [2.05, 4.69) is 15.6 Å². The molecule has 1 heterocycles. The van der Waals surface area contributed by atoms with Crippen LogP contribution in [-0.2, 0) is 14.3 Å². The number of aliphatic imine (C=N–C) groups is 1. The van der Waals surface area contributed by atoms with Gasteiger partial charge < -0.3 is 15.4 Å². The number of esters is 1. The maximum atomic E-state index is 13.1. The van der Waals surface area contributed by atoms with Gasteiger partial charge in [0.25, 0.3) is 0 Å². The molecule has 0 bridgehead atoms. The van der Waals surface area contributed by atoms with Gasteiger partial charge in [-0.15, -0.1) is 0 Å². The Labute approximate surface area is 184 Å². The summed E-state index contributed by atoms with van der Waals surface area (Å²) < 4.78 is 5.72. The molecule has 3 rings (SSSR count). The van der Waals surface area contributed by atoms with Crippen molar-refractivity contribution in [3.8, 4) is 0 Å². The highest BCUT2D eigenvalue weighted by atomic mass is 16.5. The van der Waals surface area contributed by atoms with Crippen molar-refractivity contribution in [1.29, 1.82) is 0 Å². The van der Waals surface area contributed by atoms with E-state index in [-0.39, 0.29) is 11.9 Å². The summed E-state index contributed by atoms with van der Waals surface area (Å²) in [6.07, 6.45) is 7.56. The number of nitrogens with one attached hydrogen (secondary N) is 2. The summed E-state index contributed by atoms with van der Waals surface area (Å²) in [5.74, 6) is -0.600. The molecule has 2 aliphatic rings. The molecule has 168 valence electrons. The number of benzene rings is 1. The van der Waals surface area contributed by atoms with Gasteiger partial charge in [-0.1, -0.05) is 45.2 Å². The zero-order valence-corrected chi connectivity index (χ0v) is 18.5. The van der Waals surface area contributed by atoms with Crippen LogP contribution in [-0.4, -0.2) is 30.2 Å². The van der Waals surface area contributed by atoms with E-state index >= 15 is 0 Å². The summed E-state index contributed by atoms with van der Waals surface area (Å²) in [5.41, 5.74) is 2.01. The van der Waals surface area contributed by atoms with Crippen molar-refractivity contribution in [2.45, 2.75) is 71.3 Å². The van der Waals surface area contributed by atoms with Crippen LogP contribution in [0.15, 0.2) is 29.3 Å². The van der Waals surface area contributed by atoms with E-state index in [1.807, 2.05) is 26.0 Å². The molecule has 1 aliphatic heterocycles. The van der Waals surface area contributed by atoms with Crippen LogP contribution >= 0.6 is 0 Å². The summed E-state index contributed by atoms with van der Waals surface area (Å²) in [6, 6.07) is 6.24. The molecule has 7 heteroatoms. The zero-order valence-electron chi connectivity index (χ0n) is 18.5. The lowest BCUT2D eigenvalue weighted by Gasteiger charge is -2.31. The van der Waals surface area contributed by atoms with Gasteiger partial charge in [0, 0.05) is 17.8 Å². The molecule has 0 aromatic heterocycles. The molecule has 2 N–H and O–H groups in total. The van der Waals surface area contributed by atoms with Crippen molar-refractivity contribution < 1.29 is 19.1 Å². The van der Waals surface area contributed by atoms with Crippen LogP contribution in [0.1, 0.15) is 76.8 Å². The third kappa shape index (κ3) is 6.15. The van der Waals surface area contributed by atoms with Crippen molar-refractivity contribution in [3.63, 3.8) is 0 Å². The molecule has 1 aliphatic carbocycles. The zero-order chi connectivity index (χ0) is 22.2. The van der Waals surface area contributed by atoms with Gasteiger partial charge in [-0.25, -0.2) is 9.79 Å². The maximum Gasteiger partial charge on any atom is 0.341 e. The molecule has 1 aromatic rings. The molecule has 1 aromatic carbocycles. The molecular formula is C24H33N3O4. The van der Waals surface area contributed by atoms with Gasteiger partial charge in [0.1, 0.15) is 5.92 Å². The highest BCUT2D eigenvalue weighted by molar-refractivity contribution is 6.09. The topological polar surface area (TPSA) is 96.9 Å². The van der Waals surface area contributed by atoms with Crippen LogP contribution in [0.3, 0.4) is 0 Å². The summed E-state index contributed by atoms with van der Waals surface area (Å²) >= 11 is 0. The second-order valence-electron chi connectivity index (χ2n) is 8.42. The van der Waals surface area contributed by atoms with Gasteiger partial charge in [0.2, 0.25) is 5.91 Å². The minimum absolute atomic E-state index is 0.0363. The van der Waals surface area contributed by atoms with Gasteiger partial charge in [0.05, 0.1) is 12.6 Å². The first-order valence-electron chi connectivity index (χ1n) is 11.5. The molecule has 2 atom stereocenters. The Hall–Kier alpha value is -2.70. The first-order chi connectivity index (χ1) is 15.0. The number of urea groups is 1. The van der Waals surface area contributed by atoms with Gasteiger partial charge in [-0.2, -0.15) is 0 Å². The van der Waals surface area contributed by atoms with Crippen LogP contribution in [0, 0.1) is 11.8 Å². The van der Waals surface area contributed by atoms with E-state index in [0.717, 1.165) is 24.8 Å². The van der Waals surface area contributed by atoms with Crippen molar-refractivity contribution in [1.82, 2.24) is 5.32 Å². The number of amides is 3. The Morgan fingerprint density at radius 3 is 2.48 bits per heavy atom. The monoisotopic (exact) mass is 427 g/mol. The molecule has 2 unspecified atom stereocenters. The van der Waals surface area contributed by atoms with E-state index in [1.165, 1.54) is 19.3 Å². The number of carbonyl (C=O) groups is 3. The molecule has 0 saturated heterocycles. The Morgan fingerprint density at radius 1 is 1.13 bits per heavy atom. The normalized spacial score (nSPS) is 21.7. The predicted molar refractivity (Wildman–Crippen MR) is 120 cm³/mol. The molecule has 0 radical (unpaired) electrons. The first-order valence-corrected chi connectivity index (χ1v) is 11.5. The van der Waals surface area contributed by atoms with Gasteiger partial charge in [0.15, 0.2) is 0 Å². The van der Waals surface area contributed by atoms with Gasteiger partial charge in [-0.05, 0) is 49.3 Å². The standard InChI is InChI=1S/C24H33N3O4/c1-3-8-20(28)25-18-13-11-17(12-14-18)22-21(19(4-2)26-24(30)27-22)23(29)31-15-16-9-6-5-7-10-16/h11-14,16,21-22H,3-10,15H2,1-2H3,(H,25,28)(H,27,30). The minimum atomic E-state index is -0.646. The Kier molecular flexibility index (Phi) is 8.20. The lowest BCUT2D eigenvalue weighted by molar-refractivity contribution is -0.148. The smallest absolute Gasteiger partial charge is 0.341 e. The summed E-state index contributed by atoms with van der Waals surface area (Å²) in [7, 11) is 0. The second kappa shape index (κ2) is 11.1. The highest BCUT2D eigenvalue weighted by Gasteiger charge is 2.39. The molecule has 1 saturated carbocycles. The number of rotatable bonds is 8. The molecule has 3 amide bonds. The fraction of sp³-hybridized carbons (Fsp3) is 0.583. The van der Waals surface area contributed by atoms with Crippen LogP contribution in [0.25, 0.3) is 0 Å². The number of hydrogen-bond donors (Lipinski definition) is 2. The Balaban J connectivity index is 1.74. The van der Waals surface area contributed by atoms with E-state index < -0.39 is 18.0 Å². The average Bonchev–Trinajstić information content (AvgIpc) is 2.78. The largest absolute Gasteiger partial charge is 0.465 e. The second-order valence-corrected chi connectivity index (χ2v) is 8.42. The van der Waals surface area contributed by atoms with Crippen LogP contribution < -0.4 is 10.6 Å².